The van der Waals surface area contributed by atoms with Crippen molar-refractivity contribution in [2.24, 2.45) is 5.41 Å². The maximum Gasteiger partial charge on any atom is 0.229 e. The molecule has 1 aromatic heterocycles. The minimum absolute atomic E-state index is 0.0143. The summed E-state index contributed by atoms with van der Waals surface area (Å²) in [5.74, 6) is 0.708. The van der Waals surface area contributed by atoms with Gasteiger partial charge in [0.25, 0.3) is 0 Å². The number of carbonyl (C=O) groups is 1. The van der Waals surface area contributed by atoms with E-state index in [4.69, 9.17) is 23.9 Å². The van der Waals surface area contributed by atoms with E-state index in [-0.39, 0.29) is 5.91 Å². The van der Waals surface area contributed by atoms with Crippen LogP contribution in [0.25, 0.3) is 11.0 Å². The predicted octanol–water partition coefficient (Wildman–Crippen LogP) is 5.94. The number of nitrogens with zero attached hydrogens (tertiary/aromatic N) is 5. The van der Waals surface area contributed by atoms with Crippen LogP contribution in [-0.4, -0.2) is 99.1 Å². The highest BCUT2D eigenvalue weighted by Crippen LogP contribution is 2.42. The molecule has 10 nitrogen and oxygen atoms in total. The van der Waals surface area contributed by atoms with E-state index in [1.54, 1.807) is 27.4 Å². The van der Waals surface area contributed by atoms with E-state index < -0.39 is 17.0 Å². The maximum atomic E-state index is 14.5. The molecule has 4 aromatic rings. The van der Waals surface area contributed by atoms with Crippen LogP contribution >= 0.6 is 0 Å². The van der Waals surface area contributed by atoms with Crippen LogP contribution in [0.3, 0.4) is 0 Å². The number of amides is 1. The van der Waals surface area contributed by atoms with E-state index in [1.165, 1.54) is 6.07 Å². The number of likely N-dealkylation sites (tertiary alicyclic amines) is 1. The zero-order valence-electron chi connectivity index (χ0n) is 30.1. The van der Waals surface area contributed by atoms with Crippen molar-refractivity contribution in [1.29, 1.82) is 0 Å². The molecule has 0 aliphatic carbocycles. The second-order valence-corrected chi connectivity index (χ2v) is 13.4. The van der Waals surface area contributed by atoms with Crippen LogP contribution < -0.4 is 19.1 Å². The summed E-state index contributed by atoms with van der Waals surface area (Å²) in [6, 6.07) is 15.9. The van der Waals surface area contributed by atoms with Gasteiger partial charge in [-0.15, -0.1) is 0 Å². The second kappa shape index (κ2) is 16.3. The number of ether oxygens (including phenoxy) is 4. The molecule has 0 radical (unpaired) electrons. The molecule has 1 amide bonds. The van der Waals surface area contributed by atoms with Gasteiger partial charge >= 0.3 is 0 Å². The van der Waals surface area contributed by atoms with Gasteiger partial charge in [0.05, 0.1) is 44.4 Å². The van der Waals surface area contributed by atoms with Crippen molar-refractivity contribution in [2.45, 2.75) is 45.7 Å². The largest absolute Gasteiger partial charge is 0.493 e. The van der Waals surface area contributed by atoms with Gasteiger partial charge in [0, 0.05) is 45.9 Å². The first-order valence-electron chi connectivity index (χ1n) is 17.8. The number of hydrogen-bond donors (Lipinski definition) is 0. The number of carbonyl (C=O) groups excluding carboxylic acids is 1. The van der Waals surface area contributed by atoms with Crippen molar-refractivity contribution in [2.75, 3.05) is 78.7 Å². The standard InChI is InChI=1S/C39H49F2N5O5/c1-5-51-22-21-46-33-10-7-6-9-32(33)42-38(46)44-16-8-15-43(19-20-44)17-13-39(26-28-11-12-30(40)31(41)23-28)14-18-45(37(39)47)27-29-24-34(48-2)36(50-4)35(25-29)49-3/h6-7,9-12,23-25H,5,8,13-22,26-27H2,1-4H3. The number of hydrogen-bond acceptors (Lipinski definition) is 8. The lowest BCUT2D eigenvalue weighted by Gasteiger charge is -2.31. The molecule has 0 saturated carbocycles. The third-order valence-corrected chi connectivity index (χ3v) is 10.3. The van der Waals surface area contributed by atoms with Crippen LogP contribution in [0.4, 0.5) is 14.7 Å². The van der Waals surface area contributed by atoms with Gasteiger partial charge in [0.15, 0.2) is 23.1 Å². The number of halogens is 2. The van der Waals surface area contributed by atoms with E-state index in [0.717, 1.165) is 67.8 Å². The van der Waals surface area contributed by atoms with Crippen molar-refractivity contribution in [3.8, 4) is 17.2 Å². The number of imidazole rings is 1. The van der Waals surface area contributed by atoms with Crippen molar-refractivity contribution < 1.29 is 32.5 Å². The van der Waals surface area contributed by atoms with Crippen LogP contribution in [0.1, 0.15) is 37.3 Å². The number of para-hydroxylation sites is 2. The number of aromatic nitrogens is 2. The molecule has 6 rings (SSSR count). The summed E-state index contributed by atoms with van der Waals surface area (Å²) in [6.45, 7) is 9.02. The van der Waals surface area contributed by atoms with Crippen molar-refractivity contribution in [3.63, 3.8) is 0 Å². The third kappa shape index (κ3) is 7.92. The van der Waals surface area contributed by atoms with Crippen molar-refractivity contribution in [3.05, 3.63) is 77.4 Å². The normalized spacial score (nSPS) is 18.4. The first-order chi connectivity index (χ1) is 24.8. The Morgan fingerprint density at radius 3 is 2.35 bits per heavy atom. The van der Waals surface area contributed by atoms with Crippen LogP contribution in [0.5, 0.6) is 17.2 Å². The lowest BCUT2D eigenvalue weighted by molar-refractivity contribution is -0.137. The van der Waals surface area contributed by atoms with Crippen LogP contribution in [0.15, 0.2) is 54.6 Å². The molecule has 2 saturated heterocycles. The highest BCUT2D eigenvalue weighted by molar-refractivity contribution is 5.85. The van der Waals surface area contributed by atoms with Gasteiger partial charge in [-0.1, -0.05) is 18.2 Å². The molecule has 1 unspecified atom stereocenters. The molecule has 51 heavy (non-hydrogen) atoms. The Bertz CT molecular complexity index is 1790. The lowest BCUT2D eigenvalue weighted by atomic mass is 9.77. The Balaban J connectivity index is 1.19. The molecule has 12 heteroatoms. The zero-order valence-corrected chi connectivity index (χ0v) is 30.1. The fourth-order valence-electron chi connectivity index (χ4n) is 7.61. The molecule has 274 valence electrons. The predicted molar refractivity (Wildman–Crippen MR) is 193 cm³/mol. The van der Waals surface area contributed by atoms with Crippen LogP contribution in [-0.2, 0) is 29.0 Å². The highest BCUT2D eigenvalue weighted by Gasteiger charge is 2.46. The lowest BCUT2D eigenvalue weighted by Crippen LogP contribution is -2.40. The Labute approximate surface area is 298 Å². The Hall–Kier alpha value is -4.42. The first kappa shape index (κ1) is 36.4. The zero-order chi connectivity index (χ0) is 36.0. The maximum absolute atomic E-state index is 14.5. The summed E-state index contributed by atoms with van der Waals surface area (Å²) in [4.78, 5) is 26.1. The summed E-state index contributed by atoms with van der Waals surface area (Å²) >= 11 is 0. The van der Waals surface area contributed by atoms with Crippen molar-refractivity contribution in [1.82, 2.24) is 19.4 Å². The van der Waals surface area contributed by atoms with Gasteiger partial charge in [-0.25, -0.2) is 13.8 Å². The molecule has 3 heterocycles. The number of fused-ring (bicyclic) bond motifs is 1. The average Bonchev–Trinajstić information content (AvgIpc) is 3.54. The molecule has 2 aliphatic rings. The van der Waals surface area contributed by atoms with Gasteiger partial charge in [-0.2, -0.15) is 0 Å². The Morgan fingerprint density at radius 1 is 0.843 bits per heavy atom. The van der Waals surface area contributed by atoms with E-state index in [0.29, 0.717) is 74.9 Å². The Kier molecular flexibility index (Phi) is 11.6. The smallest absolute Gasteiger partial charge is 0.229 e. The summed E-state index contributed by atoms with van der Waals surface area (Å²) in [5, 5.41) is 0. The summed E-state index contributed by atoms with van der Waals surface area (Å²) in [5.41, 5.74) is 2.78. The fraction of sp³-hybridized carbons (Fsp3) is 0.487. The van der Waals surface area contributed by atoms with Gasteiger partial charge < -0.3 is 38.2 Å². The molecule has 2 aliphatic heterocycles. The summed E-state index contributed by atoms with van der Waals surface area (Å²) in [6.07, 6.45) is 2.49. The number of benzene rings is 3. The summed E-state index contributed by atoms with van der Waals surface area (Å²) in [7, 11) is 4.69. The third-order valence-electron chi connectivity index (χ3n) is 10.3. The SMILES string of the molecule is CCOCCn1c(N2CCCN(CCC3(Cc4ccc(F)c(F)c4)CCN(Cc4cc(OC)c(OC)c(OC)c4)C3=O)CC2)nc2ccccc21. The van der Waals surface area contributed by atoms with Crippen LogP contribution in [0, 0.1) is 17.0 Å². The van der Waals surface area contributed by atoms with Gasteiger partial charge in [-0.3, -0.25) is 4.79 Å². The monoisotopic (exact) mass is 705 g/mol. The van der Waals surface area contributed by atoms with E-state index in [2.05, 4.69) is 26.5 Å². The Morgan fingerprint density at radius 2 is 1.63 bits per heavy atom. The molecule has 2 fully saturated rings. The van der Waals surface area contributed by atoms with E-state index >= 15 is 0 Å². The molecule has 1 atom stereocenters. The molecule has 0 N–H and O–H groups in total. The average molecular weight is 706 g/mol. The molecular formula is C39H49F2N5O5. The van der Waals surface area contributed by atoms with Crippen molar-refractivity contribution >= 4 is 22.9 Å². The minimum atomic E-state index is -0.901. The van der Waals surface area contributed by atoms with Gasteiger partial charge in [0.2, 0.25) is 17.6 Å². The summed E-state index contributed by atoms with van der Waals surface area (Å²) < 4.78 is 52.9. The van der Waals surface area contributed by atoms with E-state index in [9.17, 15) is 13.6 Å². The van der Waals surface area contributed by atoms with Gasteiger partial charge in [0.1, 0.15) is 0 Å². The fourth-order valence-corrected chi connectivity index (χ4v) is 7.61. The number of rotatable bonds is 15. The second-order valence-electron chi connectivity index (χ2n) is 13.4. The molecule has 3 aromatic carbocycles. The topological polar surface area (TPSA) is 81.5 Å². The first-order valence-corrected chi connectivity index (χ1v) is 17.8. The van der Waals surface area contributed by atoms with Crippen LogP contribution in [0.2, 0.25) is 0 Å². The van der Waals surface area contributed by atoms with E-state index in [1.807, 2.05) is 36.1 Å². The van der Waals surface area contributed by atoms with Gasteiger partial charge in [-0.05, 0) is 93.2 Å². The molecule has 0 spiro atoms. The number of methoxy groups -OCH3 is 3. The minimum Gasteiger partial charge on any atom is -0.493 e. The number of anilines is 1. The quantitative estimate of drug-likeness (QED) is 0.141. The highest BCUT2D eigenvalue weighted by atomic mass is 19.2. The molecular weight excluding hydrogens is 656 g/mol. The molecule has 0 bridgehead atoms.